The van der Waals surface area contributed by atoms with Crippen LogP contribution < -0.4 is 10.2 Å². The highest BCUT2D eigenvalue weighted by Gasteiger charge is 2.37. The molecule has 1 aromatic carbocycles. The van der Waals surface area contributed by atoms with Crippen LogP contribution in [0.2, 0.25) is 0 Å². The van der Waals surface area contributed by atoms with Gasteiger partial charge in [0, 0.05) is 31.4 Å². The molecule has 7 nitrogen and oxygen atoms in total. The fourth-order valence-corrected chi connectivity index (χ4v) is 4.62. The van der Waals surface area contributed by atoms with Crippen LogP contribution >= 0.6 is 0 Å². The molecular weight excluding hydrogens is 380 g/mol. The first-order valence-electron chi connectivity index (χ1n) is 10.8. The second-order valence-corrected chi connectivity index (χ2v) is 8.49. The summed E-state index contributed by atoms with van der Waals surface area (Å²) in [6, 6.07) is 9.70. The Morgan fingerprint density at radius 3 is 2.43 bits per heavy atom. The Kier molecular flexibility index (Phi) is 6.99. The van der Waals surface area contributed by atoms with Gasteiger partial charge in [-0.2, -0.15) is 5.26 Å². The molecule has 1 aromatic rings. The number of esters is 1. The predicted molar refractivity (Wildman–Crippen MR) is 115 cm³/mol. The molecule has 0 radical (unpaired) electrons. The Labute approximate surface area is 179 Å². The van der Waals surface area contributed by atoms with Gasteiger partial charge >= 0.3 is 5.97 Å². The number of benzene rings is 1. The molecule has 30 heavy (non-hydrogen) atoms. The van der Waals surface area contributed by atoms with Crippen molar-refractivity contribution in [1.29, 1.82) is 5.26 Å². The molecular formula is C23H32N4O3. The van der Waals surface area contributed by atoms with Crippen LogP contribution in [-0.2, 0) is 9.53 Å². The lowest BCUT2D eigenvalue weighted by atomic mass is 9.82. The number of rotatable bonds is 5. The lowest BCUT2D eigenvalue weighted by Gasteiger charge is -2.44. The first-order valence-corrected chi connectivity index (χ1v) is 10.8. The second kappa shape index (κ2) is 9.48. The van der Waals surface area contributed by atoms with Gasteiger partial charge in [0.25, 0.3) is 0 Å². The van der Waals surface area contributed by atoms with Crippen LogP contribution in [0.1, 0.15) is 56.3 Å². The molecule has 1 heterocycles. The van der Waals surface area contributed by atoms with Gasteiger partial charge in [0.05, 0.1) is 24.8 Å². The number of nitrogens with one attached hydrogen (secondary N) is 1. The van der Waals surface area contributed by atoms with E-state index in [2.05, 4.69) is 28.1 Å². The standard InChI is InChI=1S/C23H32N4O3/c1-17-15-26(20-9-7-19(8-10-20)22(29)30-3)13-14-27(17)18(2)21(28)25-23(16-24)11-5-4-6-12-23/h7-10,17-18H,4-6,11-15H2,1-3H3,(H,25,28). The molecule has 1 aliphatic heterocycles. The zero-order valence-electron chi connectivity index (χ0n) is 18.2. The molecule has 2 fully saturated rings. The molecule has 0 aromatic heterocycles. The molecule has 0 bridgehead atoms. The largest absolute Gasteiger partial charge is 0.465 e. The Balaban J connectivity index is 1.60. The number of ether oxygens (including phenoxy) is 1. The lowest BCUT2D eigenvalue weighted by molar-refractivity contribution is -0.128. The van der Waals surface area contributed by atoms with E-state index < -0.39 is 5.54 Å². The number of nitrogens with zero attached hydrogens (tertiary/aromatic N) is 3. The molecule has 1 saturated heterocycles. The third-order valence-corrected chi connectivity index (χ3v) is 6.49. The molecule has 7 heteroatoms. The van der Waals surface area contributed by atoms with Gasteiger partial charge in [-0.15, -0.1) is 0 Å². The molecule has 1 saturated carbocycles. The van der Waals surface area contributed by atoms with Crippen LogP contribution in [0, 0.1) is 11.3 Å². The number of piperazine rings is 1. The van der Waals surface area contributed by atoms with Gasteiger partial charge in [0.15, 0.2) is 0 Å². The summed E-state index contributed by atoms with van der Waals surface area (Å²) >= 11 is 0. The van der Waals surface area contributed by atoms with Crippen molar-refractivity contribution in [3.63, 3.8) is 0 Å². The normalized spacial score (nSPS) is 22.6. The SMILES string of the molecule is COC(=O)c1ccc(N2CCN(C(C)C(=O)NC3(C#N)CCCCC3)C(C)C2)cc1. The van der Waals surface area contributed by atoms with Crippen molar-refractivity contribution in [2.75, 3.05) is 31.6 Å². The van der Waals surface area contributed by atoms with Crippen LogP contribution in [0.15, 0.2) is 24.3 Å². The summed E-state index contributed by atoms with van der Waals surface area (Å²) in [6.07, 6.45) is 4.60. The minimum Gasteiger partial charge on any atom is -0.465 e. The van der Waals surface area contributed by atoms with E-state index in [9.17, 15) is 14.9 Å². The maximum absolute atomic E-state index is 12.9. The lowest BCUT2D eigenvalue weighted by Crippen LogP contribution is -2.60. The minimum absolute atomic E-state index is 0.0545. The van der Waals surface area contributed by atoms with Gasteiger partial charge in [-0.25, -0.2) is 4.79 Å². The van der Waals surface area contributed by atoms with Gasteiger partial charge in [0.2, 0.25) is 5.91 Å². The maximum Gasteiger partial charge on any atom is 0.337 e. The van der Waals surface area contributed by atoms with Crippen molar-refractivity contribution in [2.24, 2.45) is 0 Å². The number of methoxy groups -OCH3 is 1. The summed E-state index contributed by atoms with van der Waals surface area (Å²) in [5, 5.41) is 12.7. The number of hydrogen-bond donors (Lipinski definition) is 1. The highest BCUT2D eigenvalue weighted by molar-refractivity contribution is 5.89. The first-order chi connectivity index (χ1) is 14.4. The summed E-state index contributed by atoms with van der Waals surface area (Å²) < 4.78 is 4.75. The number of carbonyl (C=O) groups excluding carboxylic acids is 2. The average molecular weight is 413 g/mol. The number of hydrogen-bond acceptors (Lipinski definition) is 6. The highest BCUT2D eigenvalue weighted by Crippen LogP contribution is 2.28. The molecule has 2 aliphatic rings. The van der Waals surface area contributed by atoms with E-state index in [1.165, 1.54) is 7.11 Å². The van der Waals surface area contributed by atoms with Gasteiger partial charge in [-0.05, 0) is 51.0 Å². The fraction of sp³-hybridized carbons (Fsp3) is 0.609. The van der Waals surface area contributed by atoms with Crippen molar-refractivity contribution < 1.29 is 14.3 Å². The molecule has 3 rings (SSSR count). The molecule has 1 aliphatic carbocycles. The van der Waals surface area contributed by atoms with Crippen LogP contribution in [0.25, 0.3) is 0 Å². The Morgan fingerprint density at radius 2 is 1.87 bits per heavy atom. The van der Waals surface area contributed by atoms with Gasteiger partial charge in [-0.3, -0.25) is 9.69 Å². The molecule has 0 spiro atoms. The van der Waals surface area contributed by atoms with Crippen molar-refractivity contribution in [2.45, 2.75) is 63.6 Å². The monoisotopic (exact) mass is 412 g/mol. The fourth-order valence-electron chi connectivity index (χ4n) is 4.62. The molecule has 2 atom stereocenters. The van der Waals surface area contributed by atoms with E-state index in [4.69, 9.17) is 4.74 Å². The first kappa shape index (κ1) is 22.1. The number of carbonyl (C=O) groups is 2. The van der Waals surface area contributed by atoms with Gasteiger partial charge < -0.3 is 15.0 Å². The molecule has 1 N–H and O–H groups in total. The highest BCUT2D eigenvalue weighted by atomic mass is 16.5. The Morgan fingerprint density at radius 1 is 1.20 bits per heavy atom. The molecule has 2 unspecified atom stereocenters. The van der Waals surface area contributed by atoms with Crippen molar-refractivity contribution in [1.82, 2.24) is 10.2 Å². The summed E-state index contributed by atoms with van der Waals surface area (Å²) in [5.74, 6) is -0.395. The van der Waals surface area contributed by atoms with Gasteiger partial charge in [-0.1, -0.05) is 19.3 Å². The molecule has 1 amide bonds. The smallest absolute Gasteiger partial charge is 0.337 e. The summed E-state index contributed by atoms with van der Waals surface area (Å²) in [5.41, 5.74) is 0.889. The zero-order chi connectivity index (χ0) is 21.7. The zero-order valence-corrected chi connectivity index (χ0v) is 18.2. The maximum atomic E-state index is 12.9. The minimum atomic E-state index is -0.698. The van der Waals surface area contributed by atoms with Crippen LogP contribution in [0.4, 0.5) is 5.69 Å². The third kappa shape index (κ3) is 4.76. The quantitative estimate of drug-likeness (QED) is 0.749. The summed E-state index contributed by atoms with van der Waals surface area (Å²) in [6.45, 7) is 6.40. The number of amides is 1. The van der Waals surface area contributed by atoms with E-state index in [1.54, 1.807) is 12.1 Å². The average Bonchev–Trinajstić information content (AvgIpc) is 2.78. The second-order valence-electron chi connectivity index (χ2n) is 8.49. The van der Waals surface area contributed by atoms with E-state index in [1.807, 2.05) is 19.1 Å². The predicted octanol–water partition coefficient (Wildman–Crippen LogP) is 2.71. The van der Waals surface area contributed by atoms with Crippen molar-refractivity contribution in [3.05, 3.63) is 29.8 Å². The molecule has 162 valence electrons. The van der Waals surface area contributed by atoms with E-state index in [0.717, 1.165) is 57.4 Å². The number of nitriles is 1. The van der Waals surface area contributed by atoms with Crippen LogP contribution in [-0.4, -0.2) is 61.1 Å². The summed E-state index contributed by atoms with van der Waals surface area (Å²) in [4.78, 5) is 29.0. The number of anilines is 1. The van der Waals surface area contributed by atoms with Crippen LogP contribution in [0.5, 0.6) is 0 Å². The van der Waals surface area contributed by atoms with E-state index in [-0.39, 0.29) is 24.0 Å². The van der Waals surface area contributed by atoms with E-state index >= 15 is 0 Å². The third-order valence-electron chi connectivity index (χ3n) is 6.49. The van der Waals surface area contributed by atoms with Crippen molar-refractivity contribution >= 4 is 17.6 Å². The van der Waals surface area contributed by atoms with E-state index in [0.29, 0.717) is 5.56 Å². The van der Waals surface area contributed by atoms with Crippen molar-refractivity contribution in [3.8, 4) is 6.07 Å². The van der Waals surface area contributed by atoms with Crippen LogP contribution in [0.3, 0.4) is 0 Å². The summed E-state index contributed by atoms with van der Waals surface area (Å²) in [7, 11) is 1.38. The Bertz CT molecular complexity index is 796. The Hall–Kier alpha value is -2.59. The van der Waals surface area contributed by atoms with Gasteiger partial charge in [0.1, 0.15) is 5.54 Å². The topological polar surface area (TPSA) is 85.7 Å².